The Balaban J connectivity index is 2.70. The highest BCUT2D eigenvalue weighted by molar-refractivity contribution is 7.89. The van der Waals surface area contributed by atoms with Gasteiger partial charge in [0, 0.05) is 32.9 Å². The van der Waals surface area contributed by atoms with Crippen LogP contribution in [0.2, 0.25) is 0 Å². The van der Waals surface area contributed by atoms with Crippen molar-refractivity contribution in [2.75, 3.05) is 32.1 Å². The maximum absolute atomic E-state index is 13.3. The Morgan fingerprint density at radius 2 is 1.58 bits per heavy atom. The van der Waals surface area contributed by atoms with Gasteiger partial charge in [-0.3, -0.25) is 0 Å². The van der Waals surface area contributed by atoms with Gasteiger partial charge < -0.3 is 10.0 Å². The Hall–Kier alpha value is -2.59. The molecule has 10 heteroatoms. The number of aromatic carboxylic acids is 1. The molecule has 2 aromatic rings. The third-order valence-corrected chi connectivity index (χ3v) is 7.89. The Bertz CT molecular complexity index is 1140. The molecule has 0 aliphatic heterocycles. The number of rotatable bonds is 13. The number of anilines is 1. The lowest BCUT2D eigenvalue weighted by Gasteiger charge is -2.29. The van der Waals surface area contributed by atoms with Crippen molar-refractivity contribution < 1.29 is 31.5 Å². The number of carboxylic acids is 1. The second-order valence-corrected chi connectivity index (χ2v) is 11.1. The zero-order chi connectivity index (χ0) is 27.1. The smallest absolute Gasteiger partial charge is 0.416 e. The molecule has 0 aromatic heterocycles. The van der Waals surface area contributed by atoms with E-state index >= 15 is 0 Å². The van der Waals surface area contributed by atoms with Crippen LogP contribution in [0.5, 0.6) is 0 Å². The molecule has 0 heterocycles. The van der Waals surface area contributed by atoms with E-state index in [0.29, 0.717) is 29.9 Å². The first-order valence-corrected chi connectivity index (χ1v) is 13.5. The van der Waals surface area contributed by atoms with Gasteiger partial charge in [-0.15, -0.1) is 0 Å². The summed E-state index contributed by atoms with van der Waals surface area (Å²) in [6, 6.07) is 7.61. The van der Waals surface area contributed by atoms with Crippen molar-refractivity contribution in [3.63, 3.8) is 0 Å². The van der Waals surface area contributed by atoms with Gasteiger partial charge in [-0.1, -0.05) is 44.9 Å². The van der Waals surface area contributed by atoms with Crippen LogP contribution in [0.4, 0.5) is 18.9 Å². The SMILES string of the molecule is CCCCN(CCCC)c1cc(C(=O)O)cc(S(=O)(=O)N(C)C)c1CCc1cccc(C(F)(F)F)c1. The first-order chi connectivity index (χ1) is 16.8. The maximum atomic E-state index is 13.3. The van der Waals surface area contributed by atoms with Crippen LogP contribution >= 0.6 is 0 Å². The van der Waals surface area contributed by atoms with Crippen LogP contribution in [0.25, 0.3) is 0 Å². The van der Waals surface area contributed by atoms with E-state index in [-0.39, 0.29) is 23.3 Å². The van der Waals surface area contributed by atoms with Crippen molar-refractivity contribution in [1.82, 2.24) is 4.31 Å². The molecule has 0 fully saturated rings. The van der Waals surface area contributed by atoms with Gasteiger partial charge >= 0.3 is 12.1 Å². The topological polar surface area (TPSA) is 77.9 Å². The molecule has 0 atom stereocenters. The molecule has 36 heavy (non-hydrogen) atoms. The van der Waals surface area contributed by atoms with E-state index in [0.717, 1.165) is 48.2 Å². The van der Waals surface area contributed by atoms with Crippen molar-refractivity contribution in [2.24, 2.45) is 0 Å². The van der Waals surface area contributed by atoms with Crippen molar-refractivity contribution in [2.45, 2.75) is 63.4 Å². The van der Waals surface area contributed by atoms with Crippen LogP contribution in [0.15, 0.2) is 41.3 Å². The van der Waals surface area contributed by atoms with Crippen molar-refractivity contribution in [3.8, 4) is 0 Å². The minimum Gasteiger partial charge on any atom is -0.478 e. The zero-order valence-electron chi connectivity index (χ0n) is 21.2. The van der Waals surface area contributed by atoms with Gasteiger partial charge in [-0.25, -0.2) is 17.5 Å². The first kappa shape index (κ1) is 29.6. The van der Waals surface area contributed by atoms with E-state index in [2.05, 4.69) is 0 Å². The van der Waals surface area contributed by atoms with Crippen LogP contribution in [-0.4, -0.2) is 51.0 Å². The number of benzene rings is 2. The predicted octanol–water partition coefficient (Wildman–Crippen LogP) is 5.85. The lowest BCUT2D eigenvalue weighted by atomic mass is 9.98. The summed E-state index contributed by atoms with van der Waals surface area (Å²) in [6.07, 6.45) is -0.760. The highest BCUT2D eigenvalue weighted by Crippen LogP contribution is 2.34. The van der Waals surface area contributed by atoms with Gasteiger partial charge in [0.25, 0.3) is 0 Å². The second kappa shape index (κ2) is 12.6. The Morgan fingerprint density at radius 1 is 0.972 bits per heavy atom. The Morgan fingerprint density at radius 3 is 2.08 bits per heavy atom. The van der Waals surface area contributed by atoms with Crippen molar-refractivity contribution in [3.05, 3.63) is 58.7 Å². The standard InChI is InChI=1S/C26H35F3N2O4S/c1-5-7-14-31(15-8-6-2)23-17-20(25(32)33)18-24(36(34,35)30(3)4)22(23)13-12-19-10-9-11-21(16-19)26(27,28)29/h9-11,16-18H,5-8,12-15H2,1-4H3,(H,32,33). The number of halogens is 3. The molecule has 0 aliphatic rings. The highest BCUT2D eigenvalue weighted by Gasteiger charge is 2.31. The molecule has 200 valence electrons. The number of carboxylic acid groups (broad SMARTS) is 1. The Labute approximate surface area is 211 Å². The summed E-state index contributed by atoms with van der Waals surface area (Å²) in [6.45, 7) is 5.28. The minimum absolute atomic E-state index is 0.132. The fraction of sp³-hybridized carbons (Fsp3) is 0.500. The van der Waals surface area contributed by atoms with E-state index < -0.39 is 27.7 Å². The van der Waals surface area contributed by atoms with Gasteiger partial charge in [0.2, 0.25) is 10.0 Å². The van der Waals surface area contributed by atoms with E-state index in [9.17, 15) is 31.5 Å². The van der Waals surface area contributed by atoms with Crippen molar-refractivity contribution >= 4 is 21.7 Å². The third-order valence-electron chi connectivity index (χ3n) is 6.01. The zero-order valence-corrected chi connectivity index (χ0v) is 22.0. The fourth-order valence-corrected chi connectivity index (χ4v) is 5.12. The summed E-state index contributed by atoms with van der Waals surface area (Å²) in [4.78, 5) is 13.8. The lowest BCUT2D eigenvalue weighted by Crippen LogP contribution is -2.29. The van der Waals surface area contributed by atoms with E-state index in [1.54, 1.807) is 6.07 Å². The largest absolute Gasteiger partial charge is 0.478 e. The molecule has 0 radical (unpaired) electrons. The molecule has 0 aliphatic carbocycles. The molecular weight excluding hydrogens is 493 g/mol. The number of unbranched alkanes of at least 4 members (excludes halogenated alkanes) is 2. The highest BCUT2D eigenvalue weighted by atomic mass is 32.2. The number of aryl methyl sites for hydroxylation is 1. The predicted molar refractivity (Wildman–Crippen MR) is 135 cm³/mol. The van der Waals surface area contributed by atoms with Gasteiger partial charge in [0.05, 0.1) is 16.0 Å². The monoisotopic (exact) mass is 528 g/mol. The fourth-order valence-electron chi connectivity index (χ4n) is 3.94. The van der Waals surface area contributed by atoms with Gasteiger partial charge in [-0.2, -0.15) is 13.2 Å². The number of hydrogen-bond donors (Lipinski definition) is 1. The minimum atomic E-state index is -4.49. The second-order valence-electron chi connectivity index (χ2n) is 8.96. The maximum Gasteiger partial charge on any atom is 0.416 e. The van der Waals surface area contributed by atoms with Crippen LogP contribution < -0.4 is 4.90 Å². The molecule has 6 nitrogen and oxygen atoms in total. The molecule has 2 aromatic carbocycles. The van der Waals surface area contributed by atoms with Gasteiger partial charge in [-0.05, 0) is 55.0 Å². The van der Waals surface area contributed by atoms with E-state index in [1.807, 2.05) is 18.7 Å². The number of sulfonamides is 1. The molecule has 0 saturated heterocycles. The van der Waals surface area contributed by atoms with Gasteiger partial charge in [0.15, 0.2) is 0 Å². The summed E-state index contributed by atoms with van der Waals surface area (Å²) in [5, 5.41) is 9.74. The molecule has 0 saturated carbocycles. The lowest BCUT2D eigenvalue weighted by molar-refractivity contribution is -0.137. The molecule has 0 unspecified atom stereocenters. The summed E-state index contributed by atoms with van der Waals surface area (Å²) < 4.78 is 67.3. The van der Waals surface area contributed by atoms with Crippen LogP contribution in [-0.2, 0) is 29.0 Å². The van der Waals surface area contributed by atoms with Crippen molar-refractivity contribution in [1.29, 1.82) is 0 Å². The average Bonchev–Trinajstić information content (AvgIpc) is 2.82. The molecule has 0 bridgehead atoms. The van der Waals surface area contributed by atoms with Crippen LogP contribution in [0.3, 0.4) is 0 Å². The molecular formula is C26H35F3N2O4S. The molecule has 2 rings (SSSR count). The number of carbonyl (C=O) groups is 1. The van der Waals surface area contributed by atoms with Crippen LogP contribution in [0, 0.1) is 0 Å². The third kappa shape index (κ3) is 7.46. The molecule has 1 N–H and O–H groups in total. The van der Waals surface area contributed by atoms with E-state index in [4.69, 9.17) is 0 Å². The van der Waals surface area contributed by atoms with Crippen LogP contribution in [0.1, 0.15) is 66.6 Å². The molecule has 0 spiro atoms. The summed E-state index contributed by atoms with van der Waals surface area (Å²) in [5.41, 5.74) is 0.420. The van der Waals surface area contributed by atoms with E-state index in [1.165, 1.54) is 26.2 Å². The first-order valence-electron chi connectivity index (χ1n) is 12.1. The summed E-state index contributed by atoms with van der Waals surface area (Å²) in [5.74, 6) is -1.25. The number of alkyl halides is 3. The molecule has 0 amide bonds. The number of nitrogens with zero attached hydrogens (tertiary/aromatic N) is 2. The average molecular weight is 529 g/mol. The quantitative estimate of drug-likeness (QED) is 0.353. The normalized spacial score (nSPS) is 12.2. The Kier molecular flexibility index (Phi) is 10.4. The summed E-state index contributed by atoms with van der Waals surface area (Å²) >= 11 is 0. The number of hydrogen-bond acceptors (Lipinski definition) is 4. The summed E-state index contributed by atoms with van der Waals surface area (Å²) in [7, 11) is -1.30. The van der Waals surface area contributed by atoms with Gasteiger partial charge in [0.1, 0.15) is 0 Å².